The molecule has 1 spiro atoms. The third kappa shape index (κ3) is 2.91. The van der Waals surface area contributed by atoms with E-state index in [1.807, 2.05) is 97.1 Å². The number of esters is 1. The molecule has 1 saturated heterocycles. The summed E-state index contributed by atoms with van der Waals surface area (Å²) in [6.07, 6.45) is 0.0391. The highest BCUT2D eigenvalue weighted by Crippen LogP contribution is 2.54. The van der Waals surface area contributed by atoms with Gasteiger partial charge >= 0.3 is 11.9 Å². The van der Waals surface area contributed by atoms with Crippen molar-refractivity contribution in [2.45, 2.75) is 17.9 Å². The van der Waals surface area contributed by atoms with E-state index in [4.69, 9.17) is 9.47 Å². The first kappa shape index (κ1) is 20.4. The molecule has 6 rings (SSSR count). The van der Waals surface area contributed by atoms with Gasteiger partial charge in [0.15, 0.2) is 0 Å². The number of ether oxygens (including phenoxy) is 2. The van der Waals surface area contributed by atoms with E-state index in [1.165, 1.54) is 4.90 Å². The van der Waals surface area contributed by atoms with E-state index in [9.17, 15) is 9.59 Å². The first-order chi connectivity index (χ1) is 16.6. The number of fused-ring (bicyclic) bond motifs is 2. The molecule has 1 fully saturated rings. The molecule has 0 aromatic heterocycles. The first-order valence-corrected chi connectivity index (χ1v) is 11.2. The van der Waals surface area contributed by atoms with Crippen molar-refractivity contribution in [1.82, 2.24) is 0 Å². The molecule has 5 nitrogen and oxygen atoms in total. The monoisotopic (exact) mass is 447 g/mol. The zero-order chi connectivity index (χ0) is 23.2. The Bertz CT molecular complexity index is 1330. The first-order valence-electron chi connectivity index (χ1n) is 11.2. The molecule has 0 bridgehead atoms. The lowest BCUT2D eigenvalue weighted by atomic mass is 9.81. The van der Waals surface area contributed by atoms with Gasteiger partial charge in [-0.05, 0) is 35.4 Å². The van der Waals surface area contributed by atoms with E-state index in [2.05, 4.69) is 0 Å². The molecule has 0 N–H and O–H groups in total. The number of hydrogen-bond donors (Lipinski definition) is 0. The molecule has 1 atom stereocenters. The molecule has 0 unspecified atom stereocenters. The van der Waals surface area contributed by atoms with E-state index in [-0.39, 0.29) is 12.3 Å². The molecular formula is C29H21NO4. The highest BCUT2D eigenvalue weighted by molar-refractivity contribution is 6.01. The van der Waals surface area contributed by atoms with Crippen LogP contribution in [0.1, 0.15) is 33.5 Å². The Labute approximate surface area is 197 Å². The molecule has 2 heterocycles. The molecule has 5 heteroatoms. The zero-order valence-electron chi connectivity index (χ0n) is 18.3. The predicted molar refractivity (Wildman–Crippen MR) is 127 cm³/mol. The van der Waals surface area contributed by atoms with Gasteiger partial charge in [0.1, 0.15) is 5.60 Å². The van der Waals surface area contributed by atoms with Crippen molar-refractivity contribution in [3.8, 4) is 0 Å². The van der Waals surface area contributed by atoms with Gasteiger partial charge in [0, 0.05) is 0 Å². The lowest BCUT2D eigenvalue weighted by Gasteiger charge is -2.51. The van der Waals surface area contributed by atoms with Crippen molar-refractivity contribution in [2.75, 3.05) is 4.90 Å². The fraction of sp³-hybridized carbons (Fsp3) is 0.103. The lowest BCUT2D eigenvalue weighted by Crippen LogP contribution is -2.62. The Morgan fingerprint density at radius 3 is 1.79 bits per heavy atom. The van der Waals surface area contributed by atoms with Gasteiger partial charge in [-0.1, -0.05) is 91.0 Å². The topological polar surface area (TPSA) is 55.8 Å². The average molecular weight is 447 g/mol. The molecule has 166 valence electrons. The third-order valence-electron chi connectivity index (χ3n) is 6.47. The highest BCUT2D eigenvalue weighted by Gasteiger charge is 2.63. The van der Waals surface area contributed by atoms with Gasteiger partial charge < -0.3 is 9.47 Å². The SMILES string of the molecule is O=C1O[C@@]2(OC(c3ccccc3)(c3ccccc3)CC(=O)N2c2ccccc2)c2ccccc21. The maximum Gasteiger partial charge on any atom is 0.342 e. The number of para-hydroxylation sites is 1. The lowest BCUT2D eigenvalue weighted by molar-refractivity contribution is -0.272. The minimum Gasteiger partial charge on any atom is -0.405 e. The van der Waals surface area contributed by atoms with Crippen LogP contribution in [0.5, 0.6) is 0 Å². The molecule has 0 radical (unpaired) electrons. The van der Waals surface area contributed by atoms with Crippen LogP contribution < -0.4 is 4.90 Å². The van der Waals surface area contributed by atoms with E-state index < -0.39 is 17.5 Å². The zero-order valence-corrected chi connectivity index (χ0v) is 18.3. The highest BCUT2D eigenvalue weighted by atomic mass is 16.8. The number of benzene rings is 4. The maximum atomic E-state index is 14.1. The molecule has 34 heavy (non-hydrogen) atoms. The number of hydrogen-bond acceptors (Lipinski definition) is 4. The fourth-order valence-electron chi connectivity index (χ4n) is 4.98. The van der Waals surface area contributed by atoms with Crippen LogP contribution in [0.3, 0.4) is 0 Å². The maximum absolute atomic E-state index is 14.1. The summed E-state index contributed by atoms with van der Waals surface area (Å²) in [7, 11) is 0. The van der Waals surface area contributed by atoms with Crippen LogP contribution in [0.25, 0.3) is 0 Å². The second-order valence-electron chi connectivity index (χ2n) is 8.42. The summed E-state index contributed by atoms with van der Waals surface area (Å²) < 4.78 is 13.0. The average Bonchev–Trinajstić information content (AvgIpc) is 3.16. The van der Waals surface area contributed by atoms with Crippen LogP contribution in [0.4, 0.5) is 5.69 Å². The van der Waals surface area contributed by atoms with Crippen LogP contribution in [0.15, 0.2) is 115 Å². The minimum absolute atomic E-state index is 0.0391. The quantitative estimate of drug-likeness (QED) is 0.397. The summed E-state index contributed by atoms with van der Waals surface area (Å²) in [6.45, 7) is 0. The van der Waals surface area contributed by atoms with Crippen LogP contribution in [0, 0.1) is 0 Å². The van der Waals surface area contributed by atoms with E-state index in [0.29, 0.717) is 16.8 Å². The van der Waals surface area contributed by atoms with Gasteiger partial charge in [0.2, 0.25) is 5.91 Å². The molecule has 4 aromatic rings. The summed E-state index contributed by atoms with van der Waals surface area (Å²) in [4.78, 5) is 28.6. The van der Waals surface area contributed by atoms with Gasteiger partial charge in [0.25, 0.3) is 0 Å². The predicted octanol–water partition coefficient (Wildman–Crippen LogP) is 5.36. The smallest absolute Gasteiger partial charge is 0.342 e. The minimum atomic E-state index is -1.75. The van der Waals surface area contributed by atoms with Crippen molar-refractivity contribution in [2.24, 2.45) is 0 Å². The second kappa shape index (κ2) is 7.68. The van der Waals surface area contributed by atoms with Gasteiger partial charge in [0.05, 0.1) is 23.2 Å². The molecule has 0 aliphatic carbocycles. The third-order valence-corrected chi connectivity index (χ3v) is 6.47. The van der Waals surface area contributed by atoms with E-state index in [0.717, 1.165) is 11.1 Å². The second-order valence-corrected chi connectivity index (χ2v) is 8.42. The number of carbonyl (C=O) groups is 2. The number of nitrogens with zero attached hydrogens (tertiary/aromatic N) is 1. The number of amides is 1. The molecular weight excluding hydrogens is 426 g/mol. The van der Waals surface area contributed by atoms with Crippen molar-refractivity contribution >= 4 is 17.6 Å². The van der Waals surface area contributed by atoms with Crippen LogP contribution in [0.2, 0.25) is 0 Å². The summed E-state index contributed by atoms with van der Waals surface area (Å²) in [6, 6.07) is 35.5. The van der Waals surface area contributed by atoms with Gasteiger partial charge in [-0.3, -0.25) is 4.79 Å². The van der Waals surface area contributed by atoms with Crippen LogP contribution in [-0.4, -0.2) is 11.9 Å². The Morgan fingerprint density at radius 1 is 0.647 bits per heavy atom. The van der Waals surface area contributed by atoms with E-state index >= 15 is 0 Å². The van der Waals surface area contributed by atoms with Gasteiger partial charge in [-0.25, -0.2) is 9.69 Å². The largest absolute Gasteiger partial charge is 0.405 e. The van der Waals surface area contributed by atoms with Crippen molar-refractivity contribution in [3.05, 3.63) is 138 Å². The molecule has 1 amide bonds. The van der Waals surface area contributed by atoms with Crippen molar-refractivity contribution < 1.29 is 19.1 Å². The standard InChI is InChI=1S/C29H21NO4/c31-26-20-28(21-12-4-1-5-13-21,22-14-6-2-7-15-22)34-29(30(26)23-16-8-3-9-17-23)25-19-11-10-18-24(25)27(32)33-29/h1-19H,20H2/t29-/m1/s1. The van der Waals surface area contributed by atoms with Crippen molar-refractivity contribution in [1.29, 1.82) is 0 Å². The summed E-state index contributed by atoms with van der Waals surface area (Å²) in [5.41, 5.74) is 1.93. The molecule has 0 saturated carbocycles. The van der Waals surface area contributed by atoms with Crippen molar-refractivity contribution in [3.63, 3.8) is 0 Å². The number of carbonyl (C=O) groups excluding carboxylic acids is 2. The van der Waals surface area contributed by atoms with E-state index in [1.54, 1.807) is 18.2 Å². The van der Waals surface area contributed by atoms with Gasteiger partial charge in [-0.15, -0.1) is 0 Å². The summed E-state index contributed by atoms with van der Waals surface area (Å²) in [5.74, 6) is -2.49. The number of anilines is 1. The summed E-state index contributed by atoms with van der Waals surface area (Å²) >= 11 is 0. The molecule has 2 aliphatic rings. The van der Waals surface area contributed by atoms with Crippen LogP contribution in [-0.2, 0) is 25.8 Å². The number of rotatable bonds is 3. The molecule has 2 aliphatic heterocycles. The van der Waals surface area contributed by atoms with Crippen LogP contribution >= 0.6 is 0 Å². The Kier molecular flexibility index (Phi) is 4.61. The molecule has 4 aromatic carbocycles. The Hall–Kier alpha value is -4.22. The normalized spacial score (nSPS) is 20.8. The summed E-state index contributed by atoms with van der Waals surface area (Å²) in [5, 5.41) is 0. The fourth-order valence-corrected chi connectivity index (χ4v) is 4.98. The van der Waals surface area contributed by atoms with Gasteiger partial charge in [-0.2, -0.15) is 0 Å². The Balaban J connectivity index is 1.64. The Morgan fingerprint density at radius 2 is 1.18 bits per heavy atom.